The Labute approximate surface area is 96.3 Å². The van der Waals surface area contributed by atoms with Gasteiger partial charge in [0.05, 0.1) is 11.0 Å². The maximum Gasteiger partial charge on any atom is 0.308 e. The Bertz CT molecular complexity index is 445. The number of benzene rings is 1. The minimum Gasteiger partial charge on any atom is -0.487 e. The summed E-state index contributed by atoms with van der Waals surface area (Å²) < 4.78 is 32.0. The number of halogens is 2. The Hall–Kier alpha value is -1.72. The van der Waals surface area contributed by atoms with E-state index in [4.69, 9.17) is 4.74 Å². The predicted octanol–water partition coefficient (Wildman–Crippen LogP) is 3.19. The molecule has 0 radical (unpaired) electrons. The zero-order chi connectivity index (χ0) is 12.4. The Balaban J connectivity index is 2.23. The van der Waals surface area contributed by atoms with Gasteiger partial charge >= 0.3 is 5.69 Å². The molecule has 0 aliphatic heterocycles. The minimum atomic E-state index is -1.47. The molecule has 1 aromatic carbocycles. The minimum absolute atomic E-state index is 0.120. The molecule has 0 heterocycles. The molecule has 0 saturated heterocycles. The second-order valence-electron chi connectivity index (χ2n) is 3.99. The first-order valence-corrected chi connectivity index (χ1v) is 5.38. The average molecular weight is 243 g/mol. The highest BCUT2D eigenvalue weighted by Crippen LogP contribution is 2.30. The molecule has 0 aromatic heterocycles. The smallest absolute Gasteiger partial charge is 0.308 e. The van der Waals surface area contributed by atoms with Gasteiger partial charge in [-0.3, -0.25) is 10.1 Å². The molecule has 92 valence electrons. The third-order valence-corrected chi connectivity index (χ3v) is 2.82. The summed E-state index contributed by atoms with van der Waals surface area (Å²) in [7, 11) is 0. The Morgan fingerprint density at radius 2 is 1.88 bits per heavy atom. The molecule has 1 aromatic rings. The summed E-state index contributed by atoms with van der Waals surface area (Å²) in [4.78, 5) is 9.43. The molecule has 0 bridgehead atoms. The highest BCUT2D eigenvalue weighted by atomic mass is 19.2. The number of hydrogen-bond acceptors (Lipinski definition) is 3. The lowest BCUT2D eigenvalue weighted by molar-refractivity contribution is -0.387. The first-order valence-electron chi connectivity index (χ1n) is 5.38. The molecule has 1 saturated carbocycles. The van der Waals surface area contributed by atoms with E-state index in [0.29, 0.717) is 0 Å². The van der Waals surface area contributed by atoms with Crippen LogP contribution in [-0.4, -0.2) is 11.0 Å². The van der Waals surface area contributed by atoms with Gasteiger partial charge in [0.2, 0.25) is 11.6 Å². The van der Waals surface area contributed by atoms with Crippen LogP contribution in [0.15, 0.2) is 12.1 Å². The van der Waals surface area contributed by atoms with Crippen molar-refractivity contribution in [3.05, 3.63) is 33.9 Å². The van der Waals surface area contributed by atoms with E-state index < -0.39 is 22.2 Å². The second kappa shape index (κ2) is 4.65. The van der Waals surface area contributed by atoms with E-state index in [2.05, 4.69) is 0 Å². The van der Waals surface area contributed by atoms with E-state index in [1.807, 2.05) is 0 Å². The summed E-state index contributed by atoms with van der Waals surface area (Å²) >= 11 is 0. The molecular weight excluding hydrogens is 232 g/mol. The quantitative estimate of drug-likeness (QED) is 0.605. The number of nitrogens with zero attached hydrogens (tertiary/aromatic N) is 1. The van der Waals surface area contributed by atoms with Crippen LogP contribution < -0.4 is 4.74 Å². The summed E-state index contributed by atoms with van der Waals surface area (Å²) in [5, 5.41) is 10.4. The highest BCUT2D eigenvalue weighted by Gasteiger charge is 2.24. The van der Waals surface area contributed by atoms with Gasteiger partial charge in [0, 0.05) is 6.07 Å². The maximum atomic E-state index is 13.5. The standard InChI is InChI=1S/C11H11F2NO3/c12-10-8(14(15)16)5-6-9(11(10)13)17-7-3-1-2-4-7/h5-7H,1-4H2. The van der Waals surface area contributed by atoms with Crippen molar-refractivity contribution in [1.82, 2.24) is 0 Å². The van der Waals surface area contributed by atoms with E-state index in [1.54, 1.807) is 0 Å². The van der Waals surface area contributed by atoms with E-state index in [-0.39, 0.29) is 11.9 Å². The van der Waals surface area contributed by atoms with Crippen LogP contribution in [0.3, 0.4) is 0 Å². The first-order chi connectivity index (χ1) is 8.09. The monoisotopic (exact) mass is 243 g/mol. The second-order valence-corrected chi connectivity index (χ2v) is 3.99. The SMILES string of the molecule is O=[N+]([O-])c1ccc(OC2CCCC2)c(F)c1F. The van der Waals surface area contributed by atoms with Crippen molar-refractivity contribution in [3.63, 3.8) is 0 Å². The van der Waals surface area contributed by atoms with Gasteiger partial charge in [0.25, 0.3) is 0 Å². The highest BCUT2D eigenvalue weighted by molar-refractivity contribution is 5.39. The van der Waals surface area contributed by atoms with Crippen molar-refractivity contribution >= 4 is 5.69 Å². The van der Waals surface area contributed by atoms with Crippen LogP contribution in [0.5, 0.6) is 5.75 Å². The molecule has 2 rings (SSSR count). The van der Waals surface area contributed by atoms with Crippen LogP contribution in [0, 0.1) is 21.7 Å². The fourth-order valence-electron chi connectivity index (χ4n) is 1.94. The van der Waals surface area contributed by atoms with Gasteiger partial charge in [-0.1, -0.05) is 0 Å². The van der Waals surface area contributed by atoms with E-state index in [1.165, 1.54) is 0 Å². The molecule has 6 heteroatoms. The lowest BCUT2D eigenvalue weighted by Crippen LogP contribution is -2.12. The molecule has 1 fully saturated rings. The third kappa shape index (κ3) is 2.35. The summed E-state index contributed by atoms with van der Waals surface area (Å²) in [5.74, 6) is -3.00. The van der Waals surface area contributed by atoms with Crippen LogP contribution in [0.2, 0.25) is 0 Å². The largest absolute Gasteiger partial charge is 0.487 e. The first kappa shape index (κ1) is 11.8. The molecule has 4 nitrogen and oxygen atoms in total. The molecule has 17 heavy (non-hydrogen) atoms. The van der Waals surface area contributed by atoms with Crippen molar-refractivity contribution < 1.29 is 18.4 Å². The normalized spacial score (nSPS) is 16.1. The van der Waals surface area contributed by atoms with Gasteiger partial charge in [-0.15, -0.1) is 0 Å². The van der Waals surface area contributed by atoms with Crippen molar-refractivity contribution in [2.45, 2.75) is 31.8 Å². The van der Waals surface area contributed by atoms with Crippen molar-refractivity contribution in [3.8, 4) is 5.75 Å². The molecule has 0 N–H and O–H groups in total. The fraction of sp³-hybridized carbons (Fsp3) is 0.455. The topological polar surface area (TPSA) is 52.4 Å². The van der Waals surface area contributed by atoms with Gasteiger partial charge in [-0.25, -0.2) is 0 Å². The summed E-state index contributed by atoms with van der Waals surface area (Å²) in [5.41, 5.74) is -0.874. The van der Waals surface area contributed by atoms with Crippen LogP contribution in [-0.2, 0) is 0 Å². The van der Waals surface area contributed by atoms with Gasteiger partial charge in [0.1, 0.15) is 0 Å². The van der Waals surface area contributed by atoms with Crippen molar-refractivity contribution in [1.29, 1.82) is 0 Å². The molecule has 0 spiro atoms. The molecule has 0 amide bonds. The van der Waals surface area contributed by atoms with Gasteiger partial charge < -0.3 is 4.74 Å². The fourth-order valence-corrected chi connectivity index (χ4v) is 1.94. The van der Waals surface area contributed by atoms with Crippen LogP contribution >= 0.6 is 0 Å². The Morgan fingerprint density at radius 3 is 2.47 bits per heavy atom. The van der Waals surface area contributed by atoms with Crippen LogP contribution in [0.4, 0.5) is 14.5 Å². The zero-order valence-electron chi connectivity index (χ0n) is 8.99. The lowest BCUT2D eigenvalue weighted by atomic mass is 10.2. The number of ether oxygens (including phenoxy) is 1. The Morgan fingerprint density at radius 1 is 1.24 bits per heavy atom. The Kier molecular flexibility index (Phi) is 3.21. The molecular formula is C11H11F2NO3. The molecule has 1 aliphatic carbocycles. The van der Waals surface area contributed by atoms with Crippen LogP contribution in [0.25, 0.3) is 0 Å². The number of nitro benzene ring substituents is 1. The number of rotatable bonds is 3. The summed E-state index contributed by atoms with van der Waals surface area (Å²) in [6.45, 7) is 0. The van der Waals surface area contributed by atoms with Gasteiger partial charge in [0.15, 0.2) is 5.75 Å². The van der Waals surface area contributed by atoms with Gasteiger partial charge in [-0.2, -0.15) is 8.78 Å². The van der Waals surface area contributed by atoms with Gasteiger partial charge in [-0.05, 0) is 31.7 Å². The molecule has 0 unspecified atom stereocenters. The zero-order valence-corrected chi connectivity index (χ0v) is 8.99. The van der Waals surface area contributed by atoms with Crippen LogP contribution in [0.1, 0.15) is 25.7 Å². The average Bonchev–Trinajstić information content (AvgIpc) is 2.77. The summed E-state index contributed by atoms with van der Waals surface area (Å²) in [6, 6.07) is 2.03. The maximum absolute atomic E-state index is 13.5. The lowest BCUT2D eigenvalue weighted by Gasteiger charge is -2.13. The number of nitro groups is 1. The predicted molar refractivity (Wildman–Crippen MR) is 55.9 cm³/mol. The van der Waals surface area contributed by atoms with E-state index in [0.717, 1.165) is 37.8 Å². The number of hydrogen-bond donors (Lipinski definition) is 0. The third-order valence-electron chi connectivity index (χ3n) is 2.82. The van der Waals surface area contributed by atoms with E-state index >= 15 is 0 Å². The summed E-state index contributed by atoms with van der Waals surface area (Å²) in [6.07, 6.45) is 3.49. The van der Waals surface area contributed by atoms with Crippen molar-refractivity contribution in [2.75, 3.05) is 0 Å². The molecule has 0 atom stereocenters. The van der Waals surface area contributed by atoms with Crippen molar-refractivity contribution in [2.24, 2.45) is 0 Å². The molecule has 1 aliphatic rings. The van der Waals surface area contributed by atoms with E-state index in [9.17, 15) is 18.9 Å².